The Morgan fingerprint density at radius 2 is 1.82 bits per heavy atom. The number of carboxylic acids is 1. The molecule has 1 aliphatic heterocycles. The first-order valence-electron chi connectivity index (χ1n) is 7.74. The number of amides is 1. The summed E-state index contributed by atoms with van der Waals surface area (Å²) >= 11 is 0. The van der Waals surface area contributed by atoms with Crippen molar-refractivity contribution in [1.82, 2.24) is 4.90 Å². The van der Waals surface area contributed by atoms with Crippen LogP contribution in [0.25, 0.3) is 6.08 Å². The standard InChI is InChI=1S/C18H23NO3/c1-13-3-5-15(6-4-13)11-16(18(21)22)12-17(20)19-9-7-14(2)8-10-19/h3-6,11,14H,7-10,12H2,1-2H3,(H,21,22)/b16-11+. The Bertz CT molecular complexity index is 566. The van der Waals surface area contributed by atoms with Crippen LogP contribution < -0.4 is 0 Å². The molecule has 0 atom stereocenters. The van der Waals surface area contributed by atoms with Crippen LogP contribution in [0.2, 0.25) is 0 Å². The summed E-state index contributed by atoms with van der Waals surface area (Å²) in [5.74, 6) is -0.474. The summed E-state index contributed by atoms with van der Waals surface area (Å²) in [4.78, 5) is 25.5. The van der Waals surface area contributed by atoms with Crippen molar-refractivity contribution < 1.29 is 14.7 Å². The van der Waals surface area contributed by atoms with Gasteiger partial charge in [-0.3, -0.25) is 4.79 Å². The van der Waals surface area contributed by atoms with Gasteiger partial charge in [-0.2, -0.15) is 0 Å². The van der Waals surface area contributed by atoms with Crippen molar-refractivity contribution in [2.45, 2.75) is 33.1 Å². The van der Waals surface area contributed by atoms with Gasteiger partial charge in [0.1, 0.15) is 0 Å². The SMILES string of the molecule is Cc1ccc(/C=C(\CC(=O)N2CCC(C)CC2)C(=O)O)cc1. The molecule has 1 aromatic rings. The highest BCUT2D eigenvalue weighted by Gasteiger charge is 2.22. The molecule has 0 unspecified atom stereocenters. The minimum Gasteiger partial charge on any atom is -0.478 e. The molecule has 1 aromatic carbocycles. The number of hydrogen-bond acceptors (Lipinski definition) is 2. The number of likely N-dealkylation sites (tertiary alicyclic amines) is 1. The Morgan fingerprint density at radius 3 is 2.36 bits per heavy atom. The number of carbonyl (C=O) groups excluding carboxylic acids is 1. The average Bonchev–Trinajstić information content (AvgIpc) is 2.49. The highest BCUT2D eigenvalue weighted by Crippen LogP contribution is 2.19. The maximum atomic E-state index is 12.3. The molecule has 1 saturated heterocycles. The zero-order valence-corrected chi connectivity index (χ0v) is 13.2. The van der Waals surface area contributed by atoms with E-state index >= 15 is 0 Å². The first kappa shape index (κ1) is 16.3. The average molecular weight is 301 g/mol. The van der Waals surface area contributed by atoms with Gasteiger partial charge in [-0.1, -0.05) is 36.8 Å². The van der Waals surface area contributed by atoms with Gasteiger partial charge in [-0.15, -0.1) is 0 Å². The van der Waals surface area contributed by atoms with Gasteiger partial charge < -0.3 is 10.0 Å². The summed E-state index contributed by atoms with van der Waals surface area (Å²) in [7, 11) is 0. The maximum absolute atomic E-state index is 12.3. The molecule has 0 aromatic heterocycles. The molecule has 2 rings (SSSR count). The van der Waals surface area contributed by atoms with E-state index in [1.54, 1.807) is 11.0 Å². The van der Waals surface area contributed by atoms with E-state index in [4.69, 9.17) is 0 Å². The van der Waals surface area contributed by atoms with Crippen molar-refractivity contribution in [3.05, 3.63) is 41.0 Å². The van der Waals surface area contributed by atoms with Gasteiger partial charge in [0, 0.05) is 18.7 Å². The number of nitrogens with zero attached hydrogens (tertiary/aromatic N) is 1. The van der Waals surface area contributed by atoms with Crippen molar-refractivity contribution >= 4 is 18.0 Å². The molecule has 1 amide bonds. The molecular formula is C18H23NO3. The minimum atomic E-state index is -1.03. The molecule has 4 nitrogen and oxygen atoms in total. The molecular weight excluding hydrogens is 278 g/mol. The zero-order chi connectivity index (χ0) is 16.1. The third-order valence-electron chi connectivity index (χ3n) is 4.17. The zero-order valence-electron chi connectivity index (χ0n) is 13.2. The van der Waals surface area contributed by atoms with Crippen molar-refractivity contribution in [2.75, 3.05) is 13.1 Å². The van der Waals surface area contributed by atoms with E-state index in [9.17, 15) is 14.7 Å². The Morgan fingerprint density at radius 1 is 1.23 bits per heavy atom. The van der Waals surface area contributed by atoms with Gasteiger partial charge in [0.05, 0.1) is 6.42 Å². The first-order valence-corrected chi connectivity index (χ1v) is 7.74. The van der Waals surface area contributed by atoms with Gasteiger partial charge in [0.15, 0.2) is 0 Å². The summed E-state index contributed by atoms with van der Waals surface area (Å²) in [5.41, 5.74) is 2.07. The van der Waals surface area contributed by atoms with Crippen LogP contribution >= 0.6 is 0 Å². The Balaban J connectivity index is 2.07. The number of aryl methyl sites for hydroxylation is 1. The highest BCUT2D eigenvalue weighted by molar-refractivity contribution is 5.98. The number of carboxylic acid groups (broad SMARTS) is 1. The van der Waals surface area contributed by atoms with Gasteiger partial charge in [0.25, 0.3) is 0 Å². The van der Waals surface area contributed by atoms with Crippen molar-refractivity contribution in [3.63, 3.8) is 0 Å². The highest BCUT2D eigenvalue weighted by atomic mass is 16.4. The second-order valence-corrected chi connectivity index (χ2v) is 6.13. The van der Waals surface area contributed by atoms with E-state index in [1.807, 2.05) is 31.2 Å². The quantitative estimate of drug-likeness (QED) is 0.869. The lowest BCUT2D eigenvalue weighted by Gasteiger charge is -2.30. The van der Waals surface area contributed by atoms with E-state index < -0.39 is 5.97 Å². The van der Waals surface area contributed by atoms with Gasteiger partial charge in [0.2, 0.25) is 5.91 Å². The molecule has 22 heavy (non-hydrogen) atoms. The molecule has 0 saturated carbocycles. The van der Waals surface area contributed by atoms with Gasteiger partial charge >= 0.3 is 5.97 Å². The lowest BCUT2D eigenvalue weighted by molar-refractivity contribution is -0.136. The normalized spacial score (nSPS) is 16.6. The first-order chi connectivity index (χ1) is 10.5. The van der Waals surface area contributed by atoms with Crippen LogP contribution in [0.5, 0.6) is 0 Å². The molecule has 1 N–H and O–H groups in total. The monoisotopic (exact) mass is 301 g/mol. The molecule has 4 heteroatoms. The van der Waals surface area contributed by atoms with Crippen molar-refractivity contribution in [3.8, 4) is 0 Å². The van der Waals surface area contributed by atoms with Gasteiger partial charge in [-0.05, 0) is 37.3 Å². The predicted molar refractivity (Wildman–Crippen MR) is 86.4 cm³/mol. The van der Waals surface area contributed by atoms with E-state index in [2.05, 4.69) is 6.92 Å². The van der Waals surface area contributed by atoms with Crippen LogP contribution in [0.4, 0.5) is 0 Å². The second-order valence-electron chi connectivity index (χ2n) is 6.13. The molecule has 0 bridgehead atoms. The number of piperidine rings is 1. The molecule has 0 aliphatic carbocycles. The van der Waals surface area contributed by atoms with Crippen LogP contribution in [0, 0.1) is 12.8 Å². The van der Waals surface area contributed by atoms with Crippen LogP contribution in [0.3, 0.4) is 0 Å². The van der Waals surface area contributed by atoms with E-state index in [0.717, 1.165) is 37.1 Å². The second kappa shape index (κ2) is 7.25. The number of rotatable bonds is 4. The van der Waals surface area contributed by atoms with E-state index in [-0.39, 0.29) is 17.9 Å². The van der Waals surface area contributed by atoms with Crippen LogP contribution in [-0.4, -0.2) is 35.0 Å². The largest absolute Gasteiger partial charge is 0.478 e. The Hall–Kier alpha value is -2.10. The van der Waals surface area contributed by atoms with Crippen LogP contribution in [0.1, 0.15) is 37.3 Å². The molecule has 1 heterocycles. The number of benzene rings is 1. The smallest absolute Gasteiger partial charge is 0.332 e. The number of aliphatic carboxylic acids is 1. The summed E-state index contributed by atoms with van der Waals surface area (Å²) in [5, 5.41) is 9.34. The van der Waals surface area contributed by atoms with Crippen molar-refractivity contribution in [2.24, 2.45) is 5.92 Å². The third-order valence-corrected chi connectivity index (χ3v) is 4.17. The Kier molecular flexibility index (Phi) is 5.36. The molecule has 0 radical (unpaired) electrons. The van der Waals surface area contributed by atoms with Gasteiger partial charge in [-0.25, -0.2) is 4.79 Å². The lowest BCUT2D eigenvalue weighted by Crippen LogP contribution is -2.38. The summed E-state index contributed by atoms with van der Waals surface area (Å²) in [6.45, 7) is 5.63. The third kappa shape index (κ3) is 4.45. The fourth-order valence-electron chi connectivity index (χ4n) is 2.58. The summed E-state index contributed by atoms with van der Waals surface area (Å²) in [6, 6.07) is 7.59. The topological polar surface area (TPSA) is 57.6 Å². The maximum Gasteiger partial charge on any atom is 0.332 e. The van der Waals surface area contributed by atoms with E-state index in [0.29, 0.717) is 5.92 Å². The number of carbonyl (C=O) groups is 2. The Labute approximate surface area is 131 Å². The molecule has 118 valence electrons. The van der Waals surface area contributed by atoms with Crippen LogP contribution in [0.15, 0.2) is 29.8 Å². The molecule has 1 aliphatic rings. The van der Waals surface area contributed by atoms with Crippen LogP contribution in [-0.2, 0) is 9.59 Å². The van der Waals surface area contributed by atoms with E-state index in [1.165, 1.54) is 0 Å². The summed E-state index contributed by atoms with van der Waals surface area (Å²) < 4.78 is 0. The molecule has 0 spiro atoms. The lowest BCUT2D eigenvalue weighted by atomic mass is 9.98. The predicted octanol–water partition coefficient (Wildman–Crippen LogP) is 3.11. The summed E-state index contributed by atoms with van der Waals surface area (Å²) in [6.07, 6.45) is 3.54. The fourth-order valence-corrected chi connectivity index (χ4v) is 2.58. The number of hydrogen-bond donors (Lipinski definition) is 1. The minimum absolute atomic E-state index is 0.0441. The fraction of sp³-hybridized carbons (Fsp3) is 0.444. The molecule has 1 fully saturated rings. The van der Waals surface area contributed by atoms with Crippen molar-refractivity contribution in [1.29, 1.82) is 0 Å².